The summed E-state index contributed by atoms with van der Waals surface area (Å²) >= 11 is 30.4. The Bertz CT molecular complexity index is 1630. The number of anilines is 2. The van der Waals surface area contributed by atoms with E-state index < -0.39 is 85.7 Å². The van der Waals surface area contributed by atoms with Crippen LogP contribution in [0.3, 0.4) is 0 Å². The number of ketones is 1. The highest BCUT2D eigenvalue weighted by atomic mass is 35.5. The molecule has 0 aliphatic heterocycles. The van der Waals surface area contributed by atoms with E-state index in [0.717, 1.165) is 12.1 Å². The second-order valence-corrected chi connectivity index (χ2v) is 11.7. The van der Waals surface area contributed by atoms with Crippen molar-refractivity contribution in [3.63, 3.8) is 0 Å². The summed E-state index contributed by atoms with van der Waals surface area (Å²) in [6.07, 6.45) is -7.03. The molecule has 0 heterocycles. The number of carbonyl (C=O) groups excluding carboxylic acids is 3. The highest BCUT2D eigenvalue weighted by Crippen LogP contribution is 2.65. The van der Waals surface area contributed by atoms with Gasteiger partial charge in [0.15, 0.2) is 5.82 Å². The third kappa shape index (κ3) is 6.45. The predicted molar refractivity (Wildman–Crippen MR) is 146 cm³/mol. The minimum Gasteiger partial charge on any atom is -0.326 e. The maximum atomic E-state index is 14.8. The van der Waals surface area contributed by atoms with Gasteiger partial charge in [0.05, 0.1) is 32.2 Å². The molecule has 2 amide bonds. The standard InChI is InChI=1S/C26H13Cl5F6N2O3/c27-13-2-1-9(5-14(13)28)19-20(25(19,30)31)24(42)38-10-6-12(21(29)16(33)7-10)23(41)39-17-4-3-15(32)11(22(17)34)8-18(40)26(35,36)37/h1-7,19-20H,8H2,(H,38,42)(H,39,41)/t19-,20+/m0/s1. The number of Topliss-reactive ketones (excluding diaryl/α,β-unsaturated/α-hetero) is 1. The fraction of sp³-hybridized carbons (Fsp3) is 0.192. The number of hydrogen-bond acceptors (Lipinski definition) is 3. The maximum absolute atomic E-state index is 14.8. The lowest BCUT2D eigenvalue weighted by Crippen LogP contribution is -2.26. The van der Waals surface area contributed by atoms with E-state index >= 15 is 0 Å². The first-order valence-electron chi connectivity index (χ1n) is 11.4. The molecule has 2 atom stereocenters. The van der Waals surface area contributed by atoms with Gasteiger partial charge in [0.2, 0.25) is 11.7 Å². The number of nitrogens with one attached hydrogen (secondary N) is 2. The summed E-state index contributed by atoms with van der Waals surface area (Å²) in [4.78, 5) is 37.1. The minimum atomic E-state index is -5.36. The lowest BCUT2D eigenvalue weighted by atomic mass is 10.1. The van der Waals surface area contributed by atoms with E-state index in [-0.39, 0.29) is 15.7 Å². The van der Waals surface area contributed by atoms with Crippen LogP contribution in [-0.2, 0) is 16.0 Å². The second kappa shape index (κ2) is 11.8. The molecule has 0 bridgehead atoms. The van der Waals surface area contributed by atoms with Crippen molar-refractivity contribution in [2.24, 2.45) is 5.92 Å². The first kappa shape index (κ1) is 32.2. The van der Waals surface area contributed by atoms with Gasteiger partial charge in [-0.25, -0.2) is 13.2 Å². The van der Waals surface area contributed by atoms with Crippen LogP contribution < -0.4 is 10.6 Å². The summed E-state index contributed by atoms with van der Waals surface area (Å²) in [5, 5.41) is 3.99. The van der Waals surface area contributed by atoms with Gasteiger partial charge in [0.25, 0.3) is 5.91 Å². The SMILES string of the molecule is O=C(Nc1ccc(F)c(CC(=O)C(F)(F)F)c1F)c1cc(NC(=O)[C@H]2[C@H](c3ccc(Cl)c(Cl)c3)C2(Cl)Cl)cc(F)c1Cl. The number of benzene rings is 3. The molecule has 5 nitrogen and oxygen atoms in total. The molecule has 2 N–H and O–H groups in total. The van der Waals surface area contributed by atoms with Crippen molar-refractivity contribution in [3.8, 4) is 0 Å². The van der Waals surface area contributed by atoms with Crippen LogP contribution in [0.1, 0.15) is 27.4 Å². The van der Waals surface area contributed by atoms with Crippen molar-refractivity contribution in [1.82, 2.24) is 0 Å². The van der Waals surface area contributed by atoms with Crippen molar-refractivity contribution < 1.29 is 40.7 Å². The molecular weight excluding hydrogens is 680 g/mol. The number of rotatable bonds is 7. The Balaban J connectivity index is 1.56. The summed E-state index contributed by atoms with van der Waals surface area (Å²) in [5.74, 6) is -10.6. The second-order valence-electron chi connectivity index (χ2n) is 9.05. The summed E-state index contributed by atoms with van der Waals surface area (Å²) in [5.41, 5.74) is -2.50. The summed E-state index contributed by atoms with van der Waals surface area (Å²) in [6.45, 7) is 0. The van der Waals surface area contributed by atoms with Gasteiger partial charge >= 0.3 is 6.18 Å². The van der Waals surface area contributed by atoms with Gasteiger partial charge < -0.3 is 10.6 Å². The van der Waals surface area contributed by atoms with Crippen LogP contribution in [0.15, 0.2) is 42.5 Å². The van der Waals surface area contributed by atoms with Gasteiger partial charge in [-0.2, -0.15) is 13.2 Å². The zero-order valence-electron chi connectivity index (χ0n) is 20.3. The third-order valence-corrected chi connectivity index (χ3v) is 8.33. The smallest absolute Gasteiger partial charge is 0.326 e. The highest BCUT2D eigenvalue weighted by Gasteiger charge is 2.67. The molecule has 1 fully saturated rings. The van der Waals surface area contributed by atoms with Crippen LogP contribution in [0.5, 0.6) is 0 Å². The van der Waals surface area contributed by atoms with Crippen LogP contribution in [0, 0.1) is 23.4 Å². The van der Waals surface area contributed by atoms with E-state index in [2.05, 4.69) is 5.32 Å². The molecule has 0 spiro atoms. The lowest BCUT2D eigenvalue weighted by Gasteiger charge is -2.13. The Hall–Kier alpha value is -2.70. The van der Waals surface area contributed by atoms with Gasteiger partial charge in [-0.05, 0) is 42.0 Å². The summed E-state index contributed by atoms with van der Waals surface area (Å²) in [7, 11) is 0. The first-order valence-corrected chi connectivity index (χ1v) is 13.3. The zero-order chi connectivity index (χ0) is 31.3. The highest BCUT2D eigenvalue weighted by molar-refractivity contribution is 6.53. The summed E-state index contributed by atoms with van der Waals surface area (Å²) < 4.78 is 79.7. The Morgan fingerprint density at radius 1 is 0.857 bits per heavy atom. The molecule has 1 saturated carbocycles. The third-order valence-electron chi connectivity index (χ3n) is 6.27. The molecule has 42 heavy (non-hydrogen) atoms. The topological polar surface area (TPSA) is 75.3 Å². The normalized spacial score (nSPS) is 17.5. The van der Waals surface area contributed by atoms with Gasteiger partial charge in [0.1, 0.15) is 16.0 Å². The van der Waals surface area contributed by atoms with Crippen LogP contribution in [0.2, 0.25) is 15.1 Å². The average Bonchev–Trinajstić information content (AvgIpc) is 3.48. The number of amides is 2. The van der Waals surface area contributed by atoms with Crippen molar-refractivity contribution >= 4 is 87.0 Å². The van der Waals surface area contributed by atoms with Crippen LogP contribution in [-0.4, -0.2) is 28.1 Å². The Labute approximate surface area is 258 Å². The molecular formula is C26H13Cl5F6N2O3. The van der Waals surface area contributed by atoms with E-state index in [1.54, 1.807) is 6.07 Å². The van der Waals surface area contributed by atoms with Gasteiger partial charge in [-0.15, -0.1) is 23.2 Å². The van der Waals surface area contributed by atoms with Crippen LogP contribution in [0.25, 0.3) is 0 Å². The number of carbonyl (C=O) groups is 3. The van der Waals surface area contributed by atoms with Crippen LogP contribution >= 0.6 is 58.0 Å². The zero-order valence-corrected chi connectivity index (χ0v) is 24.1. The molecule has 222 valence electrons. The van der Waals surface area contributed by atoms with Crippen molar-refractivity contribution in [1.29, 1.82) is 0 Å². The molecule has 16 heteroatoms. The van der Waals surface area contributed by atoms with Crippen molar-refractivity contribution in [2.75, 3.05) is 10.6 Å². The van der Waals surface area contributed by atoms with Crippen molar-refractivity contribution in [3.05, 3.63) is 91.7 Å². The van der Waals surface area contributed by atoms with E-state index in [1.807, 2.05) is 5.32 Å². The molecule has 0 saturated heterocycles. The minimum absolute atomic E-state index is 0.191. The maximum Gasteiger partial charge on any atom is 0.450 e. The monoisotopic (exact) mass is 690 g/mol. The molecule has 0 unspecified atom stereocenters. The molecule has 0 radical (unpaired) electrons. The Morgan fingerprint density at radius 2 is 1.52 bits per heavy atom. The fourth-order valence-electron chi connectivity index (χ4n) is 4.13. The van der Waals surface area contributed by atoms with E-state index in [9.17, 15) is 40.7 Å². The molecule has 3 aromatic rings. The van der Waals surface area contributed by atoms with Gasteiger partial charge in [-0.1, -0.05) is 40.9 Å². The Morgan fingerprint density at radius 3 is 2.14 bits per heavy atom. The lowest BCUT2D eigenvalue weighted by molar-refractivity contribution is -0.170. The van der Waals surface area contributed by atoms with E-state index in [0.29, 0.717) is 17.7 Å². The molecule has 3 aromatic carbocycles. The Kier molecular flexibility index (Phi) is 9.02. The van der Waals surface area contributed by atoms with E-state index in [4.69, 9.17) is 58.0 Å². The average molecular weight is 693 g/mol. The summed E-state index contributed by atoms with van der Waals surface area (Å²) in [6, 6.07) is 7.43. The largest absolute Gasteiger partial charge is 0.450 e. The number of hydrogen-bond donors (Lipinski definition) is 2. The van der Waals surface area contributed by atoms with Gasteiger partial charge in [-0.3, -0.25) is 14.4 Å². The molecule has 1 aliphatic carbocycles. The first-order chi connectivity index (χ1) is 19.4. The van der Waals surface area contributed by atoms with Crippen LogP contribution in [0.4, 0.5) is 37.7 Å². The van der Waals surface area contributed by atoms with E-state index in [1.165, 1.54) is 12.1 Å². The quantitative estimate of drug-likeness (QED) is 0.193. The predicted octanol–water partition coefficient (Wildman–Crippen LogP) is 8.52. The number of alkyl halides is 5. The molecule has 0 aromatic heterocycles. The molecule has 4 rings (SSSR count). The fourth-order valence-corrected chi connectivity index (χ4v) is 5.46. The molecule has 1 aliphatic rings. The van der Waals surface area contributed by atoms with Gasteiger partial charge in [0, 0.05) is 23.6 Å². The van der Waals surface area contributed by atoms with Crippen molar-refractivity contribution in [2.45, 2.75) is 22.8 Å². The number of halogens is 11.